The topological polar surface area (TPSA) is 115 Å². The first kappa shape index (κ1) is 13.1. The lowest BCUT2D eigenvalue weighted by atomic mass is 10.2. The second-order valence-electron chi connectivity index (χ2n) is 3.64. The van der Waals surface area contributed by atoms with Crippen LogP contribution in [0.2, 0.25) is 0 Å². The summed E-state index contributed by atoms with van der Waals surface area (Å²) in [4.78, 5) is 38.1. The van der Waals surface area contributed by atoms with Crippen molar-refractivity contribution in [1.29, 1.82) is 0 Å². The van der Waals surface area contributed by atoms with E-state index in [4.69, 9.17) is 5.11 Å². The highest BCUT2D eigenvalue weighted by atomic mass is 79.9. The van der Waals surface area contributed by atoms with Crippen LogP contribution in [0, 0.1) is 0 Å². The predicted molar refractivity (Wildman–Crippen MR) is 70.5 cm³/mol. The lowest BCUT2D eigenvalue weighted by molar-refractivity contribution is 0.0696. The van der Waals surface area contributed by atoms with Crippen molar-refractivity contribution >= 4 is 33.5 Å². The smallest absolute Gasteiger partial charge is 0.335 e. The maximum absolute atomic E-state index is 11.8. The first-order chi connectivity index (χ1) is 8.95. The molecule has 0 bridgehead atoms. The molecule has 2 rings (SSSR count). The molecular weight excluding hydrogens is 318 g/mol. The zero-order valence-corrected chi connectivity index (χ0v) is 10.9. The van der Waals surface area contributed by atoms with Crippen molar-refractivity contribution in [2.75, 3.05) is 5.32 Å². The highest BCUT2D eigenvalue weighted by Gasteiger charge is 2.11. The monoisotopic (exact) mass is 325 g/mol. The Hall–Kier alpha value is -2.35. The van der Waals surface area contributed by atoms with E-state index in [2.05, 4.69) is 31.2 Å². The molecule has 0 unspecified atom stereocenters. The summed E-state index contributed by atoms with van der Waals surface area (Å²) in [7, 11) is 0. The molecule has 0 aliphatic carbocycles. The molecule has 2 aromatic rings. The molecule has 0 aliphatic heterocycles. The molecule has 0 spiro atoms. The maximum Gasteiger partial charge on any atom is 0.335 e. The summed E-state index contributed by atoms with van der Waals surface area (Å²) in [5.41, 5.74) is -0.0986. The quantitative estimate of drug-likeness (QED) is 0.683. The summed E-state index contributed by atoms with van der Waals surface area (Å²) in [5, 5.41) is 11.4. The minimum absolute atomic E-state index is 0.0345. The number of carbonyl (C=O) groups is 2. The fourth-order valence-corrected chi connectivity index (χ4v) is 1.93. The van der Waals surface area contributed by atoms with Gasteiger partial charge in [0.2, 0.25) is 0 Å². The third-order valence-corrected chi connectivity index (χ3v) is 2.70. The van der Waals surface area contributed by atoms with Crippen LogP contribution in [0.15, 0.2) is 33.7 Å². The Bertz CT molecular complexity index is 704. The van der Waals surface area contributed by atoms with Gasteiger partial charge in [0, 0.05) is 16.4 Å². The van der Waals surface area contributed by atoms with Crippen LogP contribution in [0.4, 0.5) is 5.69 Å². The molecule has 1 heterocycles. The highest BCUT2D eigenvalue weighted by molar-refractivity contribution is 9.10. The Balaban J connectivity index is 2.26. The molecule has 1 amide bonds. The highest BCUT2D eigenvalue weighted by Crippen LogP contribution is 2.20. The second-order valence-corrected chi connectivity index (χ2v) is 4.56. The lowest BCUT2D eigenvalue weighted by Crippen LogP contribution is -2.14. The zero-order chi connectivity index (χ0) is 14.0. The largest absolute Gasteiger partial charge is 0.478 e. The Labute approximate surface area is 114 Å². The zero-order valence-electron chi connectivity index (χ0n) is 9.36. The molecule has 0 saturated heterocycles. The number of aromatic amines is 2. The molecule has 0 atom stereocenters. The number of aromatic carboxylic acids is 1. The first-order valence-electron chi connectivity index (χ1n) is 5.08. The Morgan fingerprint density at radius 3 is 2.58 bits per heavy atom. The van der Waals surface area contributed by atoms with E-state index in [1.54, 1.807) is 6.07 Å². The Kier molecular flexibility index (Phi) is 3.52. The van der Waals surface area contributed by atoms with Gasteiger partial charge in [-0.05, 0) is 18.2 Å². The molecule has 0 radical (unpaired) electrons. The van der Waals surface area contributed by atoms with Crippen molar-refractivity contribution in [3.05, 3.63) is 50.6 Å². The number of rotatable bonds is 3. The molecule has 0 aliphatic rings. The predicted octanol–water partition coefficient (Wildman–Crippen LogP) is 1.42. The standard InChI is InChI=1S/C11H8BrN3O4/c12-6-1-5(10(17)18)2-7(3-6)14-9(16)8-4-13-11(19)15-8/h1-4H,(H,14,16)(H,17,18)(H2,13,15,19). The number of hydrogen-bond acceptors (Lipinski definition) is 3. The average Bonchev–Trinajstić information content (AvgIpc) is 2.75. The summed E-state index contributed by atoms with van der Waals surface area (Å²) in [6, 6.07) is 4.28. The third kappa shape index (κ3) is 3.10. The number of aromatic nitrogens is 2. The number of H-pyrrole nitrogens is 2. The van der Waals surface area contributed by atoms with E-state index in [1.807, 2.05) is 0 Å². The number of imidazole rings is 1. The van der Waals surface area contributed by atoms with Crippen molar-refractivity contribution in [1.82, 2.24) is 9.97 Å². The van der Waals surface area contributed by atoms with E-state index in [-0.39, 0.29) is 11.3 Å². The third-order valence-electron chi connectivity index (χ3n) is 2.24. The van der Waals surface area contributed by atoms with Gasteiger partial charge in [0.1, 0.15) is 5.69 Å². The normalized spacial score (nSPS) is 10.2. The average molecular weight is 326 g/mol. The second kappa shape index (κ2) is 5.11. The number of carboxylic acid groups (broad SMARTS) is 1. The van der Waals surface area contributed by atoms with Gasteiger partial charge >= 0.3 is 11.7 Å². The van der Waals surface area contributed by atoms with Crippen molar-refractivity contribution in [2.24, 2.45) is 0 Å². The number of amides is 1. The van der Waals surface area contributed by atoms with Crippen molar-refractivity contribution < 1.29 is 14.7 Å². The van der Waals surface area contributed by atoms with Crippen LogP contribution in [0.5, 0.6) is 0 Å². The van der Waals surface area contributed by atoms with Gasteiger partial charge in [-0.3, -0.25) is 4.79 Å². The van der Waals surface area contributed by atoms with Crippen LogP contribution in [-0.4, -0.2) is 27.0 Å². The molecular formula is C11H8BrN3O4. The molecule has 19 heavy (non-hydrogen) atoms. The SMILES string of the molecule is O=C(O)c1cc(Br)cc(NC(=O)c2c[nH]c(=O)[nH]2)c1. The number of nitrogens with one attached hydrogen (secondary N) is 3. The van der Waals surface area contributed by atoms with Crippen LogP contribution >= 0.6 is 15.9 Å². The summed E-state index contributed by atoms with van der Waals surface area (Å²) in [6.07, 6.45) is 1.23. The summed E-state index contributed by atoms with van der Waals surface area (Å²) >= 11 is 3.15. The number of benzene rings is 1. The van der Waals surface area contributed by atoms with Gasteiger partial charge in [-0.1, -0.05) is 15.9 Å². The number of carbonyl (C=O) groups excluding carboxylic acids is 1. The molecule has 4 N–H and O–H groups in total. The molecule has 8 heteroatoms. The van der Waals surface area contributed by atoms with E-state index in [1.165, 1.54) is 18.3 Å². The van der Waals surface area contributed by atoms with Crippen molar-refractivity contribution in [3.63, 3.8) is 0 Å². The number of halogens is 1. The van der Waals surface area contributed by atoms with E-state index < -0.39 is 17.6 Å². The van der Waals surface area contributed by atoms with Gasteiger partial charge in [-0.2, -0.15) is 0 Å². The molecule has 98 valence electrons. The number of hydrogen-bond donors (Lipinski definition) is 4. The molecule has 0 fully saturated rings. The van der Waals surface area contributed by atoms with Gasteiger partial charge < -0.3 is 20.4 Å². The minimum Gasteiger partial charge on any atom is -0.478 e. The Morgan fingerprint density at radius 2 is 2.00 bits per heavy atom. The van der Waals surface area contributed by atoms with Gasteiger partial charge in [0.05, 0.1) is 5.56 Å². The summed E-state index contributed by atoms with van der Waals surface area (Å²) in [6.45, 7) is 0. The van der Waals surface area contributed by atoms with Crippen molar-refractivity contribution in [3.8, 4) is 0 Å². The first-order valence-corrected chi connectivity index (χ1v) is 5.88. The lowest BCUT2D eigenvalue weighted by Gasteiger charge is -2.05. The van der Waals surface area contributed by atoms with E-state index >= 15 is 0 Å². The van der Waals surface area contributed by atoms with Gasteiger partial charge in [-0.25, -0.2) is 9.59 Å². The van der Waals surface area contributed by atoms with Crippen molar-refractivity contribution in [2.45, 2.75) is 0 Å². The Morgan fingerprint density at radius 1 is 1.26 bits per heavy atom. The van der Waals surface area contributed by atoms with Gasteiger partial charge in [0.15, 0.2) is 0 Å². The van der Waals surface area contributed by atoms with E-state index in [0.29, 0.717) is 10.2 Å². The van der Waals surface area contributed by atoms with Gasteiger partial charge in [-0.15, -0.1) is 0 Å². The van der Waals surface area contributed by atoms with Gasteiger partial charge in [0.25, 0.3) is 5.91 Å². The van der Waals surface area contributed by atoms with Crippen LogP contribution in [0.3, 0.4) is 0 Å². The van der Waals surface area contributed by atoms with E-state index in [9.17, 15) is 14.4 Å². The minimum atomic E-state index is -1.10. The maximum atomic E-state index is 11.8. The fraction of sp³-hybridized carbons (Fsp3) is 0. The summed E-state index contributed by atoms with van der Waals surface area (Å²) < 4.78 is 0.519. The van der Waals surface area contributed by atoms with E-state index in [0.717, 1.165) is 0 Å². The fourth-order valence-electron chi connectivity index (χ4n) is 1.44. The van der Waals surface area contributed by atoms with Crippen LogP contribution in [0.1, 0.15) is 20.8 Å². The van der Waals surface area contributed by atoms with Crippen LogP contribution < -0.4 is 11.0 Å². The molecule has 1 aromatic carbocycles. The molecule has 1 aromatic heterocycles. The van der Waals surface area contributed by atoms with Crippen LogP contribution in [0.25, 0.3) is 0 Å². The van der Waals surface area contributed by atoms with Crippen LogP contribution in [-0.2, 0) is 0 Å². The number of carboxylic acids is 1. The number of anilines is 1. The summed E-state index contributed by atoms with van der Waals surface area (Å²) in [5.74, 6) is -1.65. The molecule has 0 saturated carbocycles. The molecule has 7 nitrogen and oxygen atoms in total.